The molecule has 1 aromatic carbocycles. The van der Waals surface area contributed by atoms with Crippen molar-refractivity contribution in [3.63, 3.8) is 0 Å². The van der Waals surface area contributed by atoms with E-state index in [2.05, 4.69) is 14.9 Å². The zero-order valence-corrected chi connectivity index (χ0v) is 11.6. The summed E-state index contributed by atoms with van der Waals surface area (Å²) in [5.74, 6) is 0.555. The van der Waals surface area contributed by atoms with Gasteiger partial charge in [-0.1, -0.05) is 12.1 Å². The monoisotopic (exact) mass is 286 g/mol. The number of hydrogen-bond acceptors (Lipinski definition) is 6. The molecule has 3 rings (SSSR count). The van der Waals surface area contributed by atoms with E-state index in [4.69, 9.17) is 11.5 Å². The third-order valence-corrected chi connectivity index (χ3v) is 3.72. The molecule has 2 heterocycles. The summed E-state index contributed by atoms with van der Waals surface area (Å²) in [6.45, 7) is 3.11. The molecule has 21 heavy (non-hydrogen) atoms. The van der Waals surface area contributed by atoms with Gasteiger partial charge in [0.15, 0.2) is 5.82 Å². The van der Waals surface area contributed by atoms with Crippen LogP contribution in [0.3, 0.4) is 0 Å². The molecule has 110 valence electrons. The number of H-pyrrole nitrogens is 1. The lowest BCUT2D eigenvalue weighted by molar-refractivity contribution is 0.648. The van der Waals surface area contributed by atoms with E-state index in [1.165, 1.54) is 6.33 Å². The number of piperazine rings is 1. The number of hydrogen-bond donors (Lipinski definition) is 3. The molecule has 0 spiro atoms. The highest BCUT2D eigenvalue weighted by atomic mass is 16.1. The second kappa shape index (κ2) is 5.35. The van der Waals surface area contributed by atoms with Crippen molar-refractivity contribution in [2.75, 3.05) is 47.4 Å². The Balaban J connectivity index is 1.75. The normalized spacial score (nSPS) is 15.2. The number of rotatable bonds is 2. The second-order valence-electron chi connectivity index (χ2n) is 5.00. The molecule has 1 saturated heterocycles. The Morgan fingerprint density at radius 2 is 1.71 bits per heavy atom. The van der Waals surface area contributed by atoms with Gasteiger partial charge in [0, 0.05) is 26.2 Å². The third-order valence-electron chi connectivity index (χ3n) is 3.72. The molecule has 1 aliphatic heterocycles. The van der Waals surface area contributed by atoms with Crippen molar-refractivity contribution in [2.24, 2.45) is 0 Å². The van der Waals surface area contributed by atoms with Crippen LogP contribution in [0.25, 0.3) is 0 Å². The maximum Gasteiger partial charge on any atom is 0.276 e. The smallest absolute Gasteiger partial charge is 0.276 e. The topological polar surface area (TPSA) is 104 Å². The van der Waals surface area contributed by atoms with Gasteiger partial charge in [0.05, 0.1) is 17.7 Å². The predicted octanol–water partition coefficient (Wildman–Crippen LogP) is 0.261. The van der Waals surface area contributed by atoms with E-state index in [-0.39, 0.29) is 11.2 Å². The largest absolute Gasteiger partial charge is 0.397 e. The van der Waals surface area contributed by atoms with Crippen LogP contribution in [-0.2, 0) is 0 Å². The number of benzene rings is 1. The fraction of sp³-hybridized carbons (Fsp3) is 0.286. The first kappa shape index (κ1) is 13.3. The van der Waals surface area contributed by atoms with E-state index in [0.29, 0.717) is 5.82 Å². The lowest BCUT2D eigenvalue weighted by atomic mass is 10.2. The number of nitrogens with one attached hydrogen (secondary N) is 1. The van der Waals surface area contributed by atoms with E-state index in [0.717, 1.165) is 37.6 Å². The van der Waals surface area contributed by atoms with Gasteiger partial charge in [-0.3, -0.25) is 4.79 Å². The average Bonchev–Trinajstić information content (AvgIpc) is 2.51. The van der Waals surface area contributed by atoms with Crippen molar-refractivity contribution in [1.82, 2.24) is 9.97 Å². The zero-order chi connectivity index (χ0) is 14.8. The first-order chi connectivity index (χ1) is 10.2. The van der Waals surface area contributed by atoms with Gasteiger partial charge >= 0.3 is 0 Å². The molecular weight excluding hydrogens is 268 g/mol. The highest BCUT2D eigenvalue weighted by Crippen LogP contribution is 2.25. The molecule has 5 N–H and O–H groups in total. The summed E-state index contributed by atoms with van der Waals surface area (Å²) >= 11 is 0. The van der Waals surface area contributed by atoms with Gasteiger partial charge in [-0.2, -0.15) is 0 Å². The van der Waals surface area contributed by atoms with Gasteiger partial charge in [0.1, 0.15) is 5.69 Å². The van der Waals surface area contributed by atoms with Crippen LogP contribution in [0.5, 0.6) is 0 Å². The van der Waals surface area contributed by atoms with Crippen LogP contribution in [-0.4, -0.2) is 36.1 Å². The number of aromatic amines is 1. The molecule has 1 fully saturated rings. The molecule has 1 aromatic heterocycles. The van der Waals surface area contributed by atoms with Gasteiger partial charge in [-0.15, -0.1) is 0 Å². The molecule has 7 nitrogen and oxygen atoms in total. The Kier molecular flexibility index (Phi) is 3.39. The molecule has 0 atom stereocenters. The summed E-state index contributed by atoms with van der Waals surface area (Å²) in [7, 11) is 0. The van der Waals surface area contributed by atoms with Crippen LogP contribution < -0.4 is 26.8 Å². The Morgan fingerprint density at radius 1 is 1.05 bits per heavy atom. The minimum Gasteiger partial charge on any atom is -0.397 e. The van der Waals surface area contributed by atoms with Crippen LogP contribution in [0, 0.1) is 0 Å². The van der Waals surface area contributed by atoms with Gasteiger partial charge in [0.25, 0.3) is 5.56 Å². The zero-order valence-electron chi connectivity index (χ0n) is 11.6. The van der Waals surface area contributed by atoms with Crippen LogP contribution in [0.1, 0.15) is 0 Å². The van der Waals surface area contributed by atoms with Crippen molar-refractivity contribution in [3.8, 4) is 0 Å². The van der Waals surface area contributed by atoms with Crippen molar-refractivity contribution < 1.29 is 0 Å². The van der Waals surface area contributed by atoms with E-state index in [1.54, 1.807) is 0 Å². The lowest BCUT2D eigenvalue weighted by Crippen LogP contribution is -2.47. The molecule has 0 aliphatic carbocycles. The Bertz CT molecular complexity index is 690. The average molecular weight is 286 g/mol. The van der Waals surface area contributed by atoms with Crippen molar-refractivity contribution in [1.29, 1.82) is 0 Å². The van der Waals surface area contributed by atoms with E-state index in [1.807, 2.05) is 29.2 Å². The summed E-state index contributed by atoms with van der Waals surface area (Å²) in [6.07, 6.45) is 1.38. The third kappa shape index (κ3) is 2.49. The lowest BCUT2D eigenvalue weighted by Gasteiger charge is -2.37. The van der Waals surface area contributed by atoms with Crippen LogP contribution >= 0.6 is 0 Å². The Morgan fingerprint density at radius 3 is 2.43 bits per heavy atom. The number of nitrogens with two attached hydrogens (primary N) is 2. The number of aromatic nitrogens is 2. The summed E-state index contributed by atoms with van der Waals surface area (Å²) in [5.41, 5.74) is 13.5. The van der Waals surface area contributed by atoms with Crippen LogP contribution in [0.2, 0.25) is 0 Å². The molecule has 0 bridgehead atoms. The maximum absolute atomic E-state index is 11.5. The summed E-state index contributed by atoms with van der Waals surface area (Å²) in [4.78, 5) is 22.5. The molecule has 0 saturated carbocycles. The minimum atomic E-state index is -0.297. The highest BCUT2D eigenvalue weighted by molar-refractivity contribution is 5.68. The van der Waals surface area contributed by atoms with Crippen molar-refractivity contribution >= 4 is 22.9 Å². The fourth-order valence-electron chi connectivity index (χ4n) is 2.59. The quantitative estimate of drug-likeness (QED) is 0.684. The summed E-state index contributed by atoms with van der Waals surface area (Å²) < 4.78 is 0. The first-order valence-electron chi connectivity index (χ1n) is 6.84. The van der Waals surface area contributed by atoms with E-state index >= 15 is 0 Å². The Hall–Kier alpha value is -2.70. The molecule has 0 radical (unpaired) electrons. The first-order valence-corrected chi connectivity index (χ1v) is 6.84. The van der Waals surface area contributed by atoms with Gasteiger partial charge in [-0.25, -0.2) is 4.98 Å². The molecule has 1 aliphatic rings. The molecule has 0 amide bonds. The number of nitrogens with zero attached hydrogens (tertiary/aromatic N) is 3. The Labute approximate surface area is 122 Å². The van der Waals surface area contributed by atoms with Gasteiger partial charge in [0.2, 0.25) is 0 Å². The molecule has 2 aromatic rings. The SMILES string of the molecule is Nc1ccccc1N1CCN(c2nc[nH]c(=O)c2N)CC1. The highest BCUT2D eigenvalue weighted by Gasteiger charge is 2.21. The summed E-state index contributed by atoms with van der Waals surface area (Å²) in [6, 6.07) is 7.83. The fourth-order valence-corrected chi connectivity index (χ4v) is 2.59. The second-order valence-corrected chi connectivity index (χ2v) is 5.00. The molecule has 0 unspecified atom stereocenters. The molecule has 7 heteroatoms. The minimum absolute atomic E-state index is 0.171. The van der Waals surface area contributed by atoms with Gasteiger partial charge < -0.3 is 26.3 Å². The predicted molar refractivity (Wildman–Crippen MR) is 84.6 cm³/mol. The van der Waals surface area contributed by atoms with Gasteiger partial charge in [-0.05, 0) is 12.1 Å². The number of anilines is 4. The summed E-state index contributed by atoms with van der Waals surface area (Å²) in [5, 5.41) is 0. The number of para-hydroxylation sites is 2. The van der Waals surface area contributed by atoms with E-state index < -0.39 is 0 Å². The van der Waals surface area contributed by atoms with Crippen molar-refractivity contribution in [3.05, 3.63) is 40.9 Å². The standard InChI is InChI=1S/C14H18N6O/c15-10-3-1-2-4-11(10)19-5-7-20(8-6-19)13-12(16)14(21)18-9-17-13/h1-4,9H,5-8,15-16H2,(H,17,18,21). The van der Waals surface area contributed by atoms with Crippen LogP contribution in [0.4, 0.5) is 22.9 Å². The van der Waals surface area contributed by atoms with E-state index in [9.17, 15) is 4.79 Å². The maximum atomic E-state index is 11.5. The number of nitrogen functional groups attached to an aromatic ring is 2. The molecular formula is C14H18N6O. The van der Waals surface area contributed by atoms with Crippen LogP contribution in [0.15, 0.2) is 35.4 Å². The van der Waals surface area contributed by atoms with Crippen molar-refractivity contribution in [2.45, 2.75) is 0 Å².